The Morgan fingerprint density at radius 3 is 1.33 bits per heavy atom. The number of hydrogen-bond acceptors (Lipinski definition) is 2. The van der Waals surface area contributed by atoms with Crippen molar-refractivity contribution in [3.8, 4) is 0 Å². The molecule has 0 aliphatic rings. The molecule has 0 aromatic heterocycles. The first kappa shape index (κ1) is 11.1. The normalized spacial score (nSPS) is 8.44. The van der Waals surface area contributed by atoms with Gasteiger partial charge in [-0.2, -0.15) is 0 Å². The van der Waals surface area contributed by atoms with E-state index in [1.54, 1.807) is 0 Å². The Balaban J connectivity index is 0. The first-order valence-electron chi connectivity index (χ1n) is 1.77. The van der Waals surface area contributed by atoms with Gasteiger partial charge in [0.1, 0.15) is 0 Å². The Morgan fingerprint density at radius 1 is 1.00 bits per heavy atom. The van der Waals surface area contributed by atoms with Crippen molar-refractivity contribution in [3.63, 3.8) is 0 Å². The molecule has 1 radical (unpaired) electrons. The van der Waals surface area contributed by atoms with Crippen LogP contribution in [0.15, 0.2) is 12.2 Å². The number of hydrogen-bond donors (Lipinski definition) is 2. The summed E-state index contributed by atoms with van der Waals surface area (Å²) in [5.74, 6) is -2.51. The van der Waals surface area contributed by atoms with Crippen LogP contribution in [0.1, 0.15) is 0 Å². The molecular formula is C4H4CuO4. The second-order valence-electron chi connectivity index (χ2n) is 1.01. The molecule has 0 aliphatic carbocycles. The number of aliphatic carboxylic acids is 2. The van der Waals surface area contributed by atoms with Crippen LogP contribution in [0.5, 0.6) is 0 Å². The van der Waals surface area contributed by atoms with E-state index in [1.807, 2.05) is 0 Å². The van der Waals surface area contributed by atoms with Crippen LogP contribution >= 0.6 is 0 Å². The van der Waals surface area contributed by atoms with Crippen LogP contribution in [-0.2, 0) is 26.7 Å². The molecule has 0 unspecified atom stereocenters. The van der Waals surface area contributed by atoms with Crippen molar-refractivity contribution < 1.29 is 36.9 Å². The Morgan fingerprint density at radius 2 is 1.22 bits per heavy atom. The summed E-state index contributed by atoms with van der Waals surface area (Å²) < 4.78 is 0. The molecule has 55 valence electrons. The van der Waals surface area contributed by atoms with Crippen molar-refractivity contribution in [3.05, 3.63) is 12.2 Å². The van der Waals surface area contributed by atoms with Crippen molar-refractivity contribution in [1.82, 2.24) is 0 Å². The summed E-state index contributed by atoms with van der Waals surface area (Å²) >= 11 is 0. The van der Waals surface area contributed by atoms with Crippen LogP contribution in [0.4, 0.5) is 0 Å². The molecule has 0 aliphatic heterocycles. The van der Waals surface area contributed by atoms with Gasteiger partial charge in [0.05, 0.1) is 0 Å². The van der Waals surface area contributed by atoms with Gasteiger partial charge in [-0.05, 0) is 0 Å². The van der Waals surface area contributed by atoms with Gasteiger partial charge in [-0.25, -0.2) is 9.59 Å². The van der Waals surface area contributed by atoms with Gasteiger partial charge < -0.3 is 10.2 Å². The van der Waals surface area contributed by atoms with Gasteiger partial charge in [-0.15, -0.1) is 0 Å². The third kappa shape index (κ3) is 11.0. The zero-order valence-corrected chi connectivity index (χ0v) is 5.11. The predicted molar refractivity (Wildman–Crippen MR) is 24.4 cm³/mol. The van der Waals surface area contributed by atoms with Gasteiger partial charge in [0.15, 0.2) is 0 Å². The Bertz CT molecular complexity index is 124. The maximum Gasteiger partial charge on any atom is 0.328 e. The maximum absolute atomic E-state index is 9.55. The van der Waals surface area contributed by atoms with Gasteiger partial charge in [0.2, 0.25) is 0 Å². The largest absolute Gasteiger partial charge is 0.478 e. The quantitative estimate of drug-likeness (QED) is 0.451. The van der Waals surface area contributed by atoms with Crippen molar-refractivity contribution in [2.45, 2.75) is 0 Å². The molecule has 0 saturated heterocycles. The summed E-state index contributed by atoms with van der Waals surface area (Å²) in [6.07, 6.45) is 1.12. The van der Waals surface area contributed by atoms with Crippen LogP contribution in [0.2, 0.25) is 0 Å². The summed E-state index contributed by atoms with van der Waals surface area (Å²) in [6, 6.07) is 0. The van der Waals surface area contributed by atoms with E-state index in [-0.39, 0.29) is 17.1 Å². The first-order chi connectivity index (χ1) is 3.63. The molecule has 0 heterocycles. The second-order valence-corrected chi connectivity index (χ2v) is 1.01. The average Bonchev–Trinajstić information content (AvgIpc) is 1.61. The van der Waals surface area contributed by atoms with Gasteiger partial charge in [-0.1, -0.05) is 0 Å². The minimum atomic E-state index is -1.26. The van der Waals surface area contributed by atoms with E-state index in [9.17, 15) is 9.59 Å². The summed E-state index contributed by atoms with van der Waals surface area (Å²) in [7, 11) is 0. The van der Waals surface area contributed by atoms with Gasteiger partial charge in [0, 0.05) is 29.2 Å². The molecule has 4 nitrogen and oxygen atoms in total. The van der Waals surface area contributed by atoms with Crippen LogP contribution < -0.4 is 0 Å². The predicted octanol–water partition coefficient (Wildman–Crippen LogP) is -0.291. The summed E-state index contributed by atoms with van der Waals surface area (Å²) in [5.41, 5.74) is 0. The molecule has 0 fully saturated rings. The molecule has 0 bridgehead atoms. The number of rotatable bonds is 2. The Hall–Kier alpha value is -0.801. The number of carbonyl (C=O) groups is 2. The van der Waals surface area contributed by atoms with Crippen molar-refractivity contribution >= 4 is 11.9 Å². The van der Waals surface area contributed by atoms with Crippen molar-refractivity contribution in [2.24, 2.45) is 0 Å². The fraction of sp³-hybridized carbons (Fsp3) is 0. The standard InChI is InChI=1S/C4H4O4.Cu/c5-3(6)1-2-4(7)8;/h1-2H,(H,5,6)(H,7,8);/b2-1+;. The Kier molecular flexibility index (Phi) is 6.56. The molecule has 0 saturated carbocycles. The molecule has 0 aromatic rings. The zero-order valence-electron chi connectivity index (χ0n) is 4.17. The van der Waals surface area contributed by atoms with E-state index < -0.39 is 11.9 Å². The molecule has 2 N–H and O–H groups in total. The minimum absolute atomic E-state index is 0. The minimum Gasteiger partial charge on any atom is -0.478 e. The van der Waals surface area contributed by atoms with Gasteiger partial charge in [0.25, 0.3) is 0 Å². The average molecular weight is 180 g/mol. The summed E-state index contributed by atoms with van der Waals surface area (Å²) in [4.78, 5) is 19.1. The fourth-order valence-electron chi connectivity index (χ4n) is 0.143. The van der Waals surface area contributed by atoms with Crippen molar-refractivity contribution in [2.75, 3.05) is 0 Å². The van der Waals surface area contributed by atoms with Crippen LogP contribution in [0, 0.1) is 0 Å². The zero-order chi connectivity index (χ0) is 6.57. The Labute approximate surface area is 61.7 Å². The molecule has 0 atom stereocenters. The molecule has 0 rings (SSSR count). The third-order valence-corrected chi connectivity index (χ3v) is 0.368. The summed E-state index contributed by atoms with van der Waals surface area (Å²) in [6.45, 7) is 0. The monoisotopic (exact) mass is 179 g/mol. The fourth-order valence-corrected chi connectivity index (χ4v) is 0.143. The maximum atomic E-state index is 9.55. The van der Waals surface area contributed by atoms with E-state index in [0.29, 0.717) is 12.2 Å². The second kappa shape index (κ2) is 5.34. The number of carboxylic acid groups (broad SMARTS) is 2. The van der Waals surface area contributed by atoms with Gasteiger partial charge in [-0.3, -0.25) is 0 Å². The number of carboxylic acids is 2. The van der Waals surface area contributed by atoms with E-state index in [2.05, 4.69) is 0 Å². The molecule has 0 amide bonds. The van der Waals surface area contributed by atoms with Gasteiger partial charge >= 0.3 is 11.9 Å². The van der Waals surface area contributed by atoms with Crippen LogP contribution in [0.25, 0.3) is 0 Å². The topological polar surface area (TPSA) is 74.6 Å². The SMILES string of the molecule is O=C(O)/C=C/C(=O)O.[Cu]. The van der Waals surface area contributed by atoms with E-state index >= 15 is 0 Å². The van der Waals surface area contributed by atoms with Crippen molar-refractivity contribution in [1.29, 1.82) is 0 Å². The molecule has 0 spiro atoms. The van der Waals surface area contributed by atoms with Crippen LogP contribution in [0.3, 0.4) is 0 Å². The van der Waals surface area contributed by atoms with Crippen LogP contribution in [-0.4, -0.2) is 22.2 Å². The first-order valence-corrected chi connectivity index (χ1v) is 1.77. The third-order valence-electron chi connectivity index (χ3n) is 0.368. The van der Waals surface area contributed by atoms with E-state index in [0.717, 1.165) is 0 Å². The molecular weight excluding hydrogens is 176 g/mol. The van der Waals surface area contributed by atoms with E-state index in [4.69, 9.17) is 10.2 Å². The summed E-state index contributed by atoms with van der Waals surface area (Å²) in [5, 5.41) is 15.6. The molecule has 5 heteroatoms. The molecule has 0 aromatic carbocycles. The molecule has 9 heavy (non-hydrogen) atoms. The van der Waals surface area contributed by atoms with E-state index in [1.165, 1.54) is 0 Å². The smallest absolute Gasteiger partial charge is 0.328 e.